The first-order valence-electron chi connectivity index (χ1n) is 3.99. The van der Waals surface area contributed by atoms with Crippen molar-refractivity contribution >= 4 is 0 Å². The molecule has 2 nitrogen and oxygen atoms in total. The fraction of sp³-hybridized carbons (Fsp3) is 0.556. The van der Waals surface area contributed by atoms with Gasteiger partial charge < -0.3 is 11.1 Å². The van der Waals surface area contributed by atoms with Crippen molar-refractivity contribution in [2.75, 3.05) is 13.1 Å². The van der Waals surface area contributed by atoms with Gasteiger partial charge in [-0.1, -0.05) is 12.2 Å². The highest BCUT2D eigenvalue weighted by Gasteiger charge is 1.97. The Kier molecular flexibility index (Phi) is 7.10. The highest BCUT2D eigenvalue weighted by atomic mass is 14.8. The molecule has 64 valence electrons. The molecule has 0 saturated heterocycles. The molecule has 0 spiro atoms. The van der Waals surface area contributed by atoms with E-state index in [2.05, 4.69) is 18.5 Å². The molecule has 2 heteroatoms. The zero-order chi connectivity index (χ0) is 8.53. The summed E-state index contributed by atoms with van der Waals surface area (Å²) in [6, 6.07) is 0.254. The van der Waals surface area contributed by atoms with Crippen molar-refractivity contribution in [3.8, 4) is 0 Å². The molecule has 0 radical (unpaired) electrons. The fourth-order valence-electron chi connectivity index (χ4n) is 0.824. The maximum absolute atomic E-state index is 5.73. The van der Waals surface area contributed by atoms with Crippen molar-refractivity contribution < 1.29 is 0 Å². The third-order valence-electron chi connectivity index (χ3n) is 1.45. The molecule has 0 amide bonds. The lowest BCUT2D eigenvalue weighted by molar-refractivity contribution is 0.582. The summed E-state index contributed by atoms with van der Waals surface area (Å²) in [4.78, 5) is 0. The Hall–Kier alpha value is -0.600. The standard InChI is InChI=1S/C9H18N2/c1-3-5-9(10)6-8-11-7-4-2/h3-4,9,11H,1-2,5-8,10H2. The monoisotopic (exact) mass is 154 g/mol. The van der Waals surface area contributed by atoms with Crippen LogP contribution in [-0.4, -0.2) is 19.1 Å². The lowest BCUT2D eigenvalue weighted by Crippen LogP contribution is -2.26. The van der Waals surface area contributed by atoms with Crippen LogP contribution < -0.4 is 11.1 Å². The van der Waals surface area contributed by atoms with Gasteiger partial charge in [-0.15, -0.1) is 13.2 Å². The van der Waals surface area contributed by atoms with E-state index in [1.165, 1.54) is 0 Å². The van der Waals surface area contributed by atoms with Crippen molar-refractivity contribution in [1.29, 1.82) is 0 Å². The Morgan fingerprint density at radius 3 is 2.64 bits per heavy atom. The van der Waals surface area contributed by atoms with E-state index in [0.29, 0.717) is 0 Å². The van der Waals surface area contributed by atoms with Crippen LogP contribution >= 0.6 is 0 Å². The lowest BCUT2D eigenvalue weighted by atomic mass is 10.1. The highest BCUT2D eigenvalue weighted by molar-refractivity contribution is 4.76. The Bertz CT molecular complexity index is 110. The average molecular weight is 154 g/mol. The highest BCUT2D eigenvalue weighted by Crippen LogP contribution is 1.92. The van der Waals surface area contributed by atoms with Crippen LogP contribution in [0.25, 0.3) is 0 Å². The van der Waals surface area contributed by atoms with Gasteiger partial charge in [0.2, 0.25) is 0 Å². The molecule has 11 heavy (non-hydrogen) atoms. The zero-order valence-corrected chi connectivity index (χ0v) is 7.05. The summed E-state index contributed by atoms with van der Waals surface area (Å²) in [5, 5.41) is 3.19. The number of hydrogen-bond acceptors (Lipinski definition) is 2. The van der Waals surface area contributed by atoms with Gasteiger partial charge in [-0.3, -0.25) is 0 Å². The molecule has 0 rings (SSSR count). The van der Waals surface area contributed by atoms with Crippen LogP contribution in [0.5, 0.6) is 0 Å². The summed E-state index contributed by atoms with van der Waals surface area (Å²) < 4.78 is 0. The van der Waals surface area contributed by atoms with Crippen molar-refractivity contribution in [2.45, 2.75) is 18.9 Å². The van der Waals surface area contributed by atoms with Gasteiger partial charge >= 0.3 is 0 Å². The van der Waals surface area contributed by atoms with Crippen LogP contribution in [0.3, 0.4) is 0 Å². The Morgan fingerprint density at radius 2 is 2.09 bits per heavy atom. The topological polar surface area (TPSA) is 38.0 Å². The van der Waals surface area contributed by atoms with E-state index in [1.54, 1.807) is 0 Å². The van der Waals surface area contributed by atoms with Crippen LogP contribution in [0.2, 0.25) is 0 Å². The minimum Gasteiger partial charge on any atom is -0.327 e. The maximum atomic E-state index is 5.73. The van der Waals surface area contributed by atoms with Gasteiger partial charge in [0, 0.05) is 12.6 Å². The second-order valence-electron chi connectivity index (χ2n) is 2.57. The van der Waals surface area contributed by atoms with Gasteiger partial charge in [-0.05, 0) is 19.4 Å². The van der Waals surface area contributed by atoms with Crippen molar-refractivity contribution in [2.24, 2.45) is 5.73 Å². The van der Waals surface area contributed by atoms with E-state index in [0.717, 1.165) is 25.9 Å². The SMILES string of the molecule is C=CCNCCC(N)CC=C. The van der Waals surface area contributed by atoms with Gasteiger partial charge in [0.1, 0.15) is 0 Å². The quantitative estimate of drug-likeness (QED) is 0.425. The maximum Gasteiger partial charge on any atom is 0.0132 e. The van der Waals surface area contributed by atoms with Gasteiger partial charge in [0.15, 0.2) is 0 Å². The van der Waals surface area contributed by atoms with Gasteiger partial charge in [0.05, 0.1) is 0 Å². The zero-order valence-electron chi connectivity index (χ0n) is 7.05. The van der Waals surface area contributed by atoms with Crippen molar-refractivity contribution in [3.63, 3.8) is 0 Å². The molecule has 0 aromatic carbocycles. The van der Waals surface area contributed by atoms with E-state index in [4.69, 9.17) is 5.73 Å². The van der Waals surface area contributed by atoms with Crippen LogP contribution in [0.1, 0.15) is 12.8 Å². The molecule has 0 aliphatic heterocycles. The van der Waals surface area contributed by atoms with E-state index in [1.807, 2.05) is 12.2 Å². The molecule has 0 aliphatic carbocycles. The van der Waals surface area contributed by atoms with E-state index >= 15 is 0 Å². The Morgan fingerprint density at radius 1 is 1.36 bits per heavy atom. The Labute approximate surface area is 69.2 Å². The molecule has 0 aromatic rings. The summed E-state index contributed by atoms with van der Waals surface area (Å²) in [6.07, 6.45) is 5.60. The number of nitrogens with one attached hydrogen (secondary N) is 1. The predicted molar refractivity (Wildman–Crippen MR) is 50.5 cm³/mol. The third-order valence-corrected chi connectivity index (χ3v) is 1.45. The first-order valence-corrected chi connectivity index (χ1v) is 3.99. The fourth-order valence-corrected chi connectivity index (χ4v) is 0.824. The molecule has 0 heterocycles. The smallest absolute Gasteiger partial charge is 0.0132 e. The first-order chi connectivity index (χ1) is 5.31. The number of hydrogen-bond donors (Lipinski definition) is 2. The van der Waals surface area contributed by atoms with Crippen LogP contribution in [-0.2, 0) is 0 Å². The predicted octanol–water partition coefficient (Wildman–Crippen LogP) is 1.06. The van der Waals surface area contributed by atoms with E-state index in [9.17, 15) is 0 Å². The summed E-state index contributed by atoms with van der Waals surface area (Å²) in [5.41, 5.74) is 5.73. The second-order valence-corrected chi connectivity index (χ2v) is 2.57. The summed E-state index contributed by atoms with van der Waals surface area (Å²) >= 11 is 0. The normalized spacial score (nSPS) is 12.5. The molecule has 0 aliphatic rings. The molecule has 0 bridgehead atoms. The van der Waals surface area contributed by atoms with E-state index in [-0.39, 0.29) is 6.04 Å². The van der Waals surface area contributed by atoms with Gasteiger partial charge in [-0.2, -0.15) is 0 Å². The molecule has 0 saturated carbocycles. The summed E-state index contributed by atoms with van der Waals surface area (Å²) in [5.74, 6) is 0. The molecule has 0 aromatic heterocycles. The molecule has 1 unspecified atom stereocenters. The molecule has 0 fully saturated rings. The minimum absolute atomic E-state index is 0.254. The lowest BCUT2D eigenvalue weighted by Gasteiger charge is -2.08. The van der Waals surface area contributed by atoms with Gasteiger partial charge in [0.25, 0.3) is 0 Å². The van der Waals surface area contributed by atoms with E-state index < -0.39 is 0 Å². The molecular weight excluding hydrogens is 136 g/mol. The Balaban J connectivity index is 3.09. The first kappa shape index (κ1) is 10.4. The van der Waals surface area contributed by atoms with Crippen molar-refractivity contribution in [1.82, 2.24) is 5.32 Å². The van der Waals surface area contributed by atoms with Crippen LogP contribution in [0, 0.1) is 0 Å². The largest absolute Gasteiger partial charge is 0.327 e. The number of rotatable bonds is 7. The molecule has 1 atom stereocenters. The van der Waals surface area contributed by atoms with Crippen LogP contribution in [0.4, 0.5) is 0 Å². The van der Waals surface area contributed by atoms with Crippen LogP contribution in [0.15, 0.2) is 25.3 Å². The second kappa shape index (κ2) is 7.51. The summed E-state index contributed by atoms with van der Waals surface area (Å²) in [7, 11) is 0. The molecule has 3 N–H and O–H groups in total. The number of nitrogens with two attached hydrogens (primary N) is 1. The average Bonchev–Trinajstić information content (AvgIpc) is 1.99. The third kappa shape index (κ3) is 7.30. The molecular formula is C9H18N2. The van der Waals surface area contributed by atoms with Crippen molar-refractivity contribution in [3.05, 3.63) is 25.3 Å². The minimum atomic E-state index is 0.254. The van der Waals surface area contributed by atoms with Gasteiger partial charge in [-0.25, -0.2) is 0 Å². The summed E-state index contributed by atoms with van der Waals surface area (Å²) in [6.45, 7) is 9.05.